The minimum Gasteiger partial charge on any atom is -0.383 e. The Labute approximate surface area is 191 Å². The Kier molecular flexibility index (Phi) is 7.66. The second-order valence-electron chi connectivity index (χ2n) is 6.64. The van der Waals surface area contributed by atoms with Gasteiger partial charge >= 0.3 is 0 Å². The fourth-order valence-corrected chi connectivity index (χ4v) is 5.80. The summed E-state index contributed by atoms with van der Waals surface area (Å²) in [6, 6.07) is 11.8. The molecule has 0 saturated carbocycles. The average Bonchev–Trinajstić information content (AvgIpc) is 3.18. The molecule has 31 heavy (non-hydrogen) atoms. The van der Waals surface area contributed by atoms with Crippen molar-refractivity contribution in [3.05, 3.63) is 53.1 Å². The van der Waals surface area contributed by atoms with Crippen LogP contribution in [0.25, 0.3) is 10.2 Å². The maximum atomic E-state index is 13.5. The molecule has 0 aliphatic rings. The van der Waals surface area contributed by atoms with E-state index in [4.69, 9.17) is 16.3 Å². The third-order valence-corrected chi connectivity index (χ3v) is 8.22. The number of amides is 1. The molecule has 2 aromatic carbocycles. The van der Waals surface area contributed by atoms with Crippen LogP contribution in [0.1, 0.15) is 24.2 Å². The predicted molar refractivity (Wildman–Crippen MR) is 125 cm³/mol. The van der Waals surface area contributed by atoms with Crippen LogP contribution < -0.4 is 4.90 Å². The number of sulfonamides is 1. The van der Waals surface area contributed by atoms with E-state index >= 15 is 0 Å². The number of fused-ring (bicyclic) bond motifs is 1. The van der Waals surface area contributed by atoms with E-state index in [0.29, 0.717) is 18.2 Å². The van der Waals surface area contributed by atoms with Gasteiger partial charge in [-0.25, -0.2) is 13.4 Å². The third-order valence-electron chi connectivity index (χ3n) is 4.79. The molecule has 1 heterocycles. The quantitative estimate of drug-likeness (QED) is 0.456. The molecule has 1 aromatic heterocycles. The van der Waals surface area contributed by atoms with Crippen LogP contribution in [0.15, 0.2) is 47.4 Å². The molecular formula is C21H24ClN3O4S2. The Hall–Kier alpha value is -2.04. The van der Waals surface area contributed by atoms with E-state index in [2.05, 4.69) is 4.98 Å². The van der Waals surface area contributed by atoms with Gasteiger partial charge in [-0.05, 0) is 30.3 Å². The number of hydrogen-bond acceptors (Lipinski definition) is 6. The topological polar surface area (TPSA) is 79.8 Å². The highest BCUT2D eigenvalue weighted by molar-refractivity contribution is 7.89. The van der Waals surface area contributed by atoms with Crippen LogP contribution in [-0.2, 0) is 14.8 Å². The average molecular weight is 482 g/mol. The largest absolute Gasteiger partial charge is 0.383 e. The zero-order valence-corrected chi connectivity index (χ0v) is 19.9. The summed E-state index contributed by atoms with van der Waals surface area (Å²) < 4.78 is 33.3. The minimum atomic E-state index is -3.74. The number of aromatic nitrogens is 1. The number of carbonyl (C=O) groups excluding carboxylic acids is 1. The zero-order valence-electron chi connectivity index (χ0n) is 17.5. The van der Waals surface area contributed by atoms with Crippen LogP contribution in [-0.4, -0.2) is 57.0 Å². The van der Waals surface area contributed by atoms with Crippen molar-refractivity contribution in [1.29, 1.82) is 0 Å². The molecule has 7 nitrogen and oxygen atoms in total. The molecule has 10 heteroatoms. The molecule has 3 rings (SSSR count). The summed E-state index contributed by atoms with van der Waals surface area (Å²) in [6.07, 6.45) is 0. The van der Waals surface area contributed by atoms with Gasteiger partial charge in [0.1, 0.15) is 0 Å². The van der Waals surface area contributed by atoms with Gasteiger partial charge < -0.3 is 4.74 Å². The van der Waals surface area contributed by atoms with Crippen molar-refractivity contribution in [3.63, 3.8) is 0 Å². The maximum absolute atomic E-state index is 13.5. The first-order valence-corrected chi connectivity index (χ1v) is 12.4. The fourth-order valence-electron chi connectivity index (χ4n) is 3.13. The fraction of sp³-hybridized carbons (Fsp3) is 0.333. The SMILES string of the molecule is CCN(CC)S(=O)(=O)c1ccc(Cl)c(C(=O)N(CCOC)c2nc3ccccc3s2)c1. The van der Waals surface area contributed by atoms with E-state index in [-0.39, 0.29) is 28.6 Å². The molecule has 3 aromatic rings. The van der Waals surface area contributed by atoms with Gasteiger partial charge in [0.15, 0.2) is 5.13 Å². The van der Waals surface area contributed by atoms with Crippen LogP contribution >= 0.6 is 22.9 Å². The highest BCUT2D eigenvalue weighted by Gasteiger charge is 2.27. The molecule has 0 fully saturated rings. The number of anilines is 1. The van der Waals surface area contributed by atoms with Crippen molar-refractivity contribution in [2.75, 3.05) is 38.3 Å². The third kappa shape index (κ3) is 4.91. The Morgan fingerprint density at radius 2 is 1.87 bits per heavy atom. The van der Waals surface area contributed by atoms with E-state index in [0.717, 1.165) is 10.2 Å². The van der Waals surface area contributed by atoms with Crippen LogP contribution in [0.5, 0.6) is 0 Å². The second kappa shape index (κ2) is 10.1. The number of benzene rings is 2. The molecule has 0 bridgehead atoms. The first-order chi connectivity index (χ1) is 14.8. The number of rotatable bonds is 9. The van der Waals surface area contributed by atoms with Crippen molar-refractivity contribution < 1.29 is 17.9 Å². The molecule has 0 saturated heterocycles. The number of ether oxygens (including phenoxy) is 1. The van der Waals surface area contributed by atoms with Crippen LogP contribution in [0.4, 0.5) is 5.13 Å². The van der Waals surface area contributed by atoms with Gasteiger partial charge in [0.2, 0.25) is 10.0 Å². The number of nitrogens with zero attached hydrogens (tertiary/aromatic N) is 3. The first kappa shape index (κ1) is 23.6. The Morgan fingerprint density at radius 3 is 2.52 bits per heavy atom. The summed E-state index contributed by atoms with van der Waals surface area (Å²) >= 11 is 7.70. The highest BCUT2D eigenvalue weighted by Crippen LogP contribution is 2.31. The lowest BCUT2D eigenvalue weighted by Crippen LogP contribution is -2.34. The molecule has 0 unspecified atom stereocenters. The standard InChI is InChI=1S/C21H24ClN3O4S2/c1-4-24(5-2)31(27,28)15-10-11-17(22)16(14-15)20(26)25(12-13-29-3)21-23-18-8-6-7-9-19(18)30-21/h6-11,14H,4-5,12-13H2,1-3H3. The van der Waals surface area contributed by atoms with Gasteiger partial charge in [-0.15, -0.1) is 0 Å². The van der Waals surface area contributed by atoms with Gasteiger partial charge in [-0.2, -0.15) is 4.31 Å². The van der Waals surface area contributed by atoms with Crippen LogP contribution in [0, 0.1) is 0 Å². The first-order valence-electron chi connectivity index (χ1n) is 9.79. The van der Waals surface area contributed by atoms with Gasteiger partial charge in [0, 0.05) is 20.2 Å². The number of hydrogen-bond donors (Lipinski definition) is 0. The molecule has 0 N–H and O–H groups in total. The number of carbonyl (C=O) groups is 1. The molecule has 1 amide bonds. The normalized spacial score (nSPS) is 11.9. The lowest BCUT2D eigenvalue weighted by Gasteiger charge is -2.22. The highest BCUT2D eigenvalue weighted by atomic mass is 35.5. The van der Waals surface area contributed by atoms with Crippen LogP contribution in [0.3, 0.4) is 0 Å². The van der Waals surface area contributed by atoms with E-state index < -0.39 is 15.9 Å². The molecule has 0 radical (unpaired) electrons. The minimum absolute atomic E-state index is 0.0277. The smallest absolute Gasteiger partial charge is 0.261 e. The van der Waals surface area contributed by atoms with Gasteiger partial charge in [0.25, 0.3) is 5.91 Å². The lowest BCUT2D eigenvalue weighted by atomic mass is 10.2. The number of para-hydroxylation sites is 1. The van der Waals surface area contributed by atoms with Crippen molar-refractivity contribution in [2.24, 2.45) is 0 Å². The molecule has 0 spiro atoms. The number of methoxy groups -OCH3 is 1. The number of halogens is 1. The molecule has 0 aliphatic heterocycles. The van der Waals surface area contributed by atoms with E-state index in [1.54, 1.807) is 21.0 Å². The summed E-state index contributed by atoms with van der Waals surface area (Å²) in [6.45, 7) is 4.73. The summed E-state index contributed by atoms with van der Waals surface area (Å²) in [5, 5.41) is 0.670. The Bertz CT molecular complexity index is 1140. The Balaban J connectivity index is 2.05. The van der Waals surface area contributed by atoms with Crippen molar-refractivity contribution >= 4 is 54.2 Å². The van der Waals surface area contributed by atoms with Crippen molar-refractivity contribution in [2.45, 2.75) is 18.7 Å². The van der Waals surface area contributed by atoms with Gasteiger partial charge in [-0.3, -0.25) is 9.69 Å². The molecule has 0 aliphatic carbocycles. The summed E-state index contributed by atoms with van der Waals surface area (Å²) in [4.78, 5) is 19.6. The van der Waals surface area contributed by atoms with E-state index in [1.165, 1.54) is 38.7 Å². The molecule has 166 valence electrons. The van der Waals surface area contributed by atoms with Crippen molar-refractivity contribution in [1.82, 2.24) is 9.29 Å². The maximum Gasteiger partial charge on any atom is 0.261 e. The summed E-state index contributed by atoms with van der Waals surface area (Å²) in [5.41, 5.74) is 0.881. The predicted octanol–water partition coefficient (Wildman–Crippen LogP) is 4.27. The van der Waals surface area contributed by atoms with Crippen molar-refractivity contribution in [3.8, 4) is 0 Å². The summed E-state index contributed by atoms with van der Waals surface area (Å²) in [5.74, 6) is -0.433. The lowest BCUT2D eigenvalue weighted by molar-refractivity contribution is 0.0976. The summed E-state index contributed by atoms with van der Waals surface area (Å²) in [7, 11) is -2.19. The number of thiazole rings is 1. The zero-order chi connectivity index (χ0) is 22.6. The Morgan fingerprint density at radius 1 is 1.16 bits per heavy atom. The van der Waals surface area contributed by atoms with E-state index in [1.807, 2.05) is 24.3 Å². The monoisotopic (exact) mass is 481 g/mol. The molecular weight excluding hydrogens is 458 g/mol. The second-order valence-corrected chi connectivity index (χ2v) is 10.00. The van der Waals surface area contributed by atoms with Crippen LogP contribution in [0.2, 0.25) is 5.02 Å². The van der Waals surface area contributed by atoms with Gasteiger partial charge in [-0.1, -0.05) is 48.9 Å². The van der Waals surface area contributed by atoms with E-state index in [9.17, 15) is 13.2 Å². The van der Waals surface area contributed by atoms with Gasteiger partial charge in [0.05, 0.1) is 38.8 Å². The molecule has 0 atom stereocenters.